The van der Waals surface area contributed by atoms with Crippen molar-refractivity contribution in [2.24, 2.45) is 0 Å². The maximum absolute atomic E-state index is 12.3. The zero-order valence-corrected chi connectivity index (χ0v) is 16.3. The van der Waals surface area contributed by atoms with E-state index in [1.165, 1.54) is 14.2 Å². The molecule has 0 aliphatic heterocycles. The smallest absolute Gasteiger partial charge is 0.306 e. The summed E-state index contributed by atoms with van der Waals surface area (Å²) in [5.74, 6) is 1.62. The van der Waals surface area contributed by atoms with Crippen molar-refractivity contribution < 1.29 is 28.2 Å². The molecule has 150 valence electrons. The lowest BCUT2D eigenvalue weighted by molar-refractivity contribution is -0.142. The van der Waals surface area contributed by atoms with Gasteiger partial charge < -0.3 is 18.6 Å². The first-order chi connectivity index (χ1) is 14.1. The Labute approximate surface area is 169 Å². The first-order valence-electron chi connectivity index (χ1n) is 9.15. The quantitative estimate of drug-likeness (QED) is 0.397. The molecule has 0 saturated carbocycles. The molecule has 0 aliphatic rings. The van der Waals surface area contributed by atoms with Crippen LogP contribution in [0.3, 0.4) is 0 Å². The lowest BCUT2D eigenvalue weighted by atomic mass is 10.1. The summed E-state index contributed by atoms with van der Waals surface area (Å²) in [6.07, 6.45) is 0.525. The average Bonchev–Trinajstić information content (AvgIpc) is 3.25. The van der Waals surface area contributed by atoms with E-state index in [1.807, 2.05) is 42.5 Å². The number of aryl methyl sites for hydroxylation is 1. The summed E-state index contributed by atoms with van der Waals surface area (Å²) in [5.41, 5.74) is 1.36. The van der Waals surface area contributed by atoms with Gasteiger partial charge in [-0.15, -0.1) is 0 Å². The Morgan fingerprint density at radius 1 is 0.897 bits per heavy atom. The third-order valence-corrected chi connectivity index (χ3v) is 4.37. The standard InChI is InChI=1S/C23H22O6/c1-26-21-11-8-17(14-22(21)27-2)19(24)15-28-23(25)13-10-18-9-12-20(29-18)16-6-4-3-5-7-16/h3-9,11-12,14H,10,13,15H2,1-2H3. The van der Waals surface area contributed by atoms with Crippen LogP contribution < -0.4 is 9.47 Å². The summed E-state index contributed by atoms with van der Waals surface area (Å²) in [4.78, 5) is 24.3. The Morgan fingerprint density at radius 3 is 2.38 bits per heavy atom. The van der Waals surface area contributed by atoms with Gasteiger partial charge in [-0.3, -0.25) is 9.59 Å². The molecule has 6 nitrogen and oxygen atoms in total. The summed E-state index contributed by atoms with van der Waals surface area (Å²) < 4.78 is 21.2. The van der Waals surface area contributed by atoms with Gasteiger partial charge in [0.15, 0.2) is 23.9 Å². The van der Waals surface area contributed by atoms with Crippen molar-refractivity contribution in [2.75, 3.05) is 20.8 Å². The average molecular weight is 394 g/mol. The molecule has 2 aromatic carbocycles. The van der Waals surface area contributed by atoms with Crippen LogP contribution in [0.15, 0.2) is 65.1 Å². The van der Waals surface area contributed by atoms with Crippen LogP contribution in [0.4, 0.5) is 0 Å². The third-order valence-electron chi connectivity index (χ3n) is 4.37. The summed E-state index contributed by atoms with van der Waals surface area (Å²) in [5, 5.41) is 0. The number of ether oxygens (including phenoxy) is 3. The van der Waals surface area contributed by atoms with Crippen molar-refractivity contribution >= 4 is 11.8 Å². The van der Waals surface area contributed by atoms with Crippen molar-refractivity contribution in [1.29, 1.82) is 0 Å². The molecule has 0 atom stereocenters. The lowest BCUT2D eigenvalue weighted by Gasteiger charge is -2.09. The largest absolute Gasteiger partial charge is 0.493 e. The van der Waals surface area contributed by atoms with Crippen LogP contribution in [0.5, 0.6) is 11.5 Å². The predicted octanol–water partition coefficient (Wildman–Crippen LogP) is 4.32. The Morgan fingerprint density at radius 2 is 1.66 bits per heavy atom. The fraction of sp³-hybridized carbons (Fsp3) is 0.217. The SMILES string of the molecule is COc1ccc(C(=O)COC(=O)CCc2ccc(-c3ccccc3)o2)cc1OC. The molecule has 0 spiro atoms. The minimum atomic E-state index is -0.462. The maximum Gasteiger partial charge on any atom is 0.306 e. The molecule has 0 aliphatic carbocycles. The molecule has 29 heavy (non-hydrogen) atoms. The van der Waals surface area contributed by atoms with Crippen LogP contribution in [-0.2, 0) is 16.0 Å². The molecule has 0 amide bonds. The highest BCUT2D eigenvalue weighted by Gasteiger charge is 2.14. The molecule has 0 bridgehead atoms. The first-order valence-corrected chi connectivity index (χ1v) is 9.15. The number of carbonyl (C=O) groups excluding carboxylic acids is 2. The molecule has 6 heteroatoms. The van der Waals surface area contributed by atoms with Crippen LogP contribution in [-0.4, -0.2) is 32.6 Å². The maximum atomic E-state index is 12.3. The fourth-order valence-corrected chi connectivity index (χ4v) is 2.81. The second kappa shape index (κ2) is 9.59. The van der Waals surface area contributed by atoms with E-state index in [9.17, 15) is 9.59 Å². The van der Waals surface area contributed by atoms with Gasteiger partial charge in [-0.1, -0.05) is 30.3 Å². The molecule has 1 heterocycles. The van der Waals surface area contributed by atoms with Crippen molar-refractivity contribution in [3.05, 3.63) is 72.0 Å². The molecule has 1 aromatic heterocycles. The van der Waals surface area contributed by atoms with Crippen molar-refractivity contribution in [1.82, 2.24) is 0 Å². The van der Waals surface area contributed by atoms with E-state index in [1.54, 1.807) is 18.2 Å². The van der Waals surface area contributed by atoms with Gasteiger partial charge in [-0.25, -0.2) is 0 Å². The van der Waals surface area contributed by atoms with Gasteiger partial charge >= 0.3 is 5.97 Å². The molecule has 0 saturated heterocycles. The molecule has 3 rings (SSSR count). The number of methoxy groups -OCH3 is 2. The minimum Gasteiger partial charge on any atom is -0.493 e. The highest BCUT2D eigenvalue weighted by molar-refractivity contribution is 5.98. The van der Waals surface area contributed by atoms with Crippen molar-refractivity contribution in [3.63, 3.8) is 0 Å². The molecule has 0 unspecified atom stereocenters. The number of benzene rings is 2. The van der Waals surface area contributed by atoms with E-state index in [0.717, 1.165) is 11.3 Å². The lowest BCUT2D eigenvalue weighted by Crippen LogP contribution is -2.14. The van der Waals surface area contributed by atoms with Gasteiger partial charge in [0, 0.05) is 17.5 Å². The fourth-order valence-electron chi connectivity index (χ4n) is 2.81. The summed E-state index contributed by atoms with van der Waals surface area (Å²) in [6.45, 7) is -0.332. The Kier molecular flexibility index (Phi) is 6.68. The Bertz CT molecular complexity index is 974. The topological polar surface area (TPSA) is 75.0 Å². The van der Waals surface area contributed by atoms with Crippen LogP contribution in [0, 0.1) is 0 Å². The van der Waals surface area contributed by atoms with Crippen molar-refractivity contribution in [3.8, 4) is 22.8 Å². The van der Waals surface area contributed by atoms with Crippen LogP contribution in [0.2, 0.25) is 0 Å². The monoisotopic (exact) mass is 394 g/mol. The number of carbonyl (C=O) groups is 2. The van der Waals surface area contributed by atoms with E-state index in [-0.39, 0.29) is 18.8 Å². The normalized spacial score (nSPS) is 10.4. The minimum absolute atomic E-state index is 0.126. The van der Waals surface area contributed by atoms with E-state index in [0.29, 0.717) is 29.2 Å². The van der Waals surface area contributed by atoms with Gasteiger partial charge in [0.25, 0.3) is 0 Å². The highest BCUT2D eigenvalue weighted by atomic mass is 16.5. The second-order valence-electron chi connectivity index (χ2n) is 6.29. The molecule has 0 N–H and O–H groups in total. The predicted molar refractivity (Wildman–Crippen MR) is 107 cm³/mol. The summed E-state index contributed by atoms with van der Waals surface area (Å²) >= 11 is 0. The highest BCUT2D eigenvalue weighted by Crippen LogP contribution is 2.27. The third kappa shape index (κ3) is 5.25. The summed E-state index contributed by atoms with van der Waals surface area (Å²) in [6, 6.07) is 18.2. The number of ketones is 1. The van der Waals surface area contributed by atoms with Gasteiger partial charge in [0.05, 0.1) is 20.6 Å². The van der Waals surface area contributed by atoms with Gasteiger partial charge in [0.2, 0.25) is 0 Å². The van der Waals surface area contributed by atoms with Gasteiger partial charge in [0.1, 0.15) is 11.5 Å². The van der Waals surface area contributed by atoms with E-state index < -0.39 is 5.97 Å². The number of esters is 1. The first kappa shape index (κ1) is 20.2. The van der Waals surface area contributed by atoms with Crippen molar-refractivity contribution in [2.45, 2.75) is 12.8 Å². The molecular formula is C23H22O6. The van der Waals surface area contributed by atoms with Crippen LogP contribution in [0.25, 0.3) is 11.3 Å². The van der Waals surface area contributed by atoms with E-state index >= 15 is 0 Å². The van der Waals surface area contributed by atoms with Crippen LogP contribution >= 0.6 is 0 Å². The van der Waals surface area contributed by atoms with Gasteiger partial charge in [-0.05, 0) is 30.3 Å². The van der Waals surface area contributed by atoms with Crippen LogP contribution in [0.1, 0.15) is 22.5 Å². The zero-order chi connectivity index (χ0) is 20.6. The zero-order valence-electron chi connectivity index (χ0n) is 16.3. The Balaban J connectivity index is 1.49. The summed E-state index contributed by atoms with van der Waals surface area (Å²) in [7, 11) is 3.01. The number of Topliss-reactive ketones (excluding diaryl/α,β-unsaturated/α-hetero) is 1. The number of hydrogen-bond donors (Lipinski definition) is 0. The molecular weight excluding hydrogens is 372 g/mol. The molecule has 3 aromatic rings. The Hall–Kier alpha value is -3.54. The second-order valence-corrected chi connectivity index (χ2v) is 6.29. The van der Waals surface area contributed by atoms with Gasteiger partial charge in [-0.2, -0.15) is 0 Å². The van der Waals surface area contributed by atoms with E-state index in [2.05, 4.69) is 0 Å². The van der Waals surface area contributed by atoms with E-state index in [4.69, 9.17) is 18.6 Å². The number of furan rings is 1. The number of rotatable bonds is 9. The molecule has 0 fully saturated rings. The number of hydrogen-bond acceptors (Lipinski definition) is 6. The molecule has 0 radical (unpaired) electrons.